The van der Waals surface area contributed by atoms with Crippen molar-refractivity contribution in [3.63, 3.8) is 0 Å². The smallest absolute Gasteiger partial charge is 0.230 e. The second-order valence-corrected chi connectivity index (χ2v) is 5.78. The number of thiophene rings is 1. The molecule has 0 fully saturated rings. The zero-order valence-corrected chi connectivity index (χ0v) is 12.7. The second kappa shape index (κ2) is 7.59. The van der Waals surface area contributed by atoms with E-state index in [1.165, 1.54) is 11.3 Å². The van der Waals surface area contributed by atoms with Crippen LogP contribution in [0, 0.1) is 12.3 Å². The SMILES string of the molecule is C#CCNC(=O)CC(=O)NCC(O)c1cc2ccccc2s1. The van der Waals surface area contributed by atoms with Gasteiger partial charge in [0.15, 0.2) is 0 Å². The van der Waals surface area contributed by atoms with Gasteiger partial charge in [0, 0.05) is 16.1 Å². The number of hydrogen-bond acceptors (Lipinski definition) is 4. The molecule has 2 aromatic rings. The van der Waals surface area contributed by atoms with Crippen LogP contribution in [0.15, 0.2) is 30.3 Å². The normalized spacial score (nSPS) is 11.6. The van der Waals surface area contributed by atoms with Crippen molar-refractivity contribution in [1.82, 2.24) is 10.6 Å². The lowest BCUT2D eigenvalue weighted by Crippen LogP contribution is -2.34. The van der Waals surface area contributed by atoms with Crippen LogP contribution in [0.5, 0.6) is 0 Å². The molecule has 0 aliphatic rings. The van der Waals surface area contributed by atoms with Crippen LogP contribution in [0.2, 0.25) is 0 Å². The van der Waals surface area contributed by atoms with Crippen LogP contribution in [0.25, 0.3) is 10.1 Å². The van der Waals surface area contributed by atoms with Crippen LogP contribution in [-0.4, -0.2) is 30.0 Å². The molecule has 114 valence electrons. The van der Waals surface area contributed by atoms with Crippen molar-refractivity contribution >= 4 is 33.2 Å². The minimum Gasteiger partial charge on any atom is -0.386 e. The molecule has 5 nitrogen and oxygen atoms in total. The number of benzene rings is 1. The van der Waals surface area contributed by atoms with Gasteiger partial charge in [-0.2, -0.15) is 0 Å². The maximum atomic E-state index is 11.6. The van der Waals surface area contributed by atoms with Gasteiger partial charge in [-0.1, -0.05) is 24.1 Å². The van der Waals surface area contributed by atoms with E-state index in [9.17, 15) is 14.7 Å². The fourth-order valence-corrected chi connectivity index (χ4v) is 2.95. The first-order valence-corrected chi connectivity index (χ1v) is 7.55. The average molecular weight is 316 g/mol. The molecule has 1 unspecified atom stereocenters. The van der Waals surface area contributed by atoms with Crippen molar-refractivity contribution in [2.75, 3.05) is 13.1 Å². The van der Waals surface area contributed by atoms with Gasteiger partial charge in [-0.3, -0.25) is 9.59 Å². The summed E-state index contributed by atoms with van der Waals surface area (Å²) in [7, 11) is 0. The molecule has 6 heteroatoms. The summed E-state index contributed by atoms with van der Waals surface area (Å²) in [6.07, 6.45) is 3.90. The summed E-state index contributed by atoms with van der Waals surface area (Å²) in [5.41, 5.74) is 0. The van der Waals surface area contributed by atoms with Crippen LogP contribution in [0.3, 0.4) is 0 Å². The first kappa shape index (κ1) is 16.0. The number of hydrogen-bond donors (Lipinski definition) is 3. The Morgan fingerprint density at radius 1 is 1.27 bits per heavy atom. The third kappa shape index (κ3) is 4.32. The molecule has 1 atom stereocenters. The van der Waals surface area contributed by atoms with Gasteiger partial charge in [-0.15, -0.1) is 17.8 Å². The summed E-state index contributed by atoms with van der Waals surface area (Å²) in [6, 6.07) is 9.71. The number of carbonyl (C=O) groups excluding carboxylic acids is 2. The summed E-state index contributed by atoms with van der Waals surface area (Å²) >= 11 is 1.48. The molecule has 0 saturated carbocycles. The van der Waals surface area contributed by atoms with Crippen LogP contribution >= 0.6 is 11.3 Å². The van der Waals surface area contributed by atoms with Crippen LogP contribution in [-0.2, 0) is 9.59 Å². The molecule has 0 aliphatic heterocycles. The van der Waals surface area contributed by atoms with Gasteiger partial charge in [-0.25, -0.2) is 0 Å². The zero-order valence-electron chi connectivity index (χ0n) is 11.8. The number of aliphatic hydroxyl groups excluding tert-OH is 1. The predicted molar refractivity (Wildman–Crippen MR) is 86.3 cm³/mol. The fraction of sp³-hybridized carbons (Fsp3) is 0.250. The maximum Gasteiger partial charge on any atom is 0.230 e. The average Bonchev–Trinajstić information content (AvgIpc) is 2.94. The topological polar surface area (TPSA) is 78.4 Å². The van der Waals surface area contributed by atoms with Crippen LogP contribution < -0.4 is 10.6 Å². The summed E-state index contributed by atoms with van der Waals surface area (Å²) in [4.78, 5) is 23.7. The van der Waals surface area contributed by atoms with Crippen molar-refractivity contribution < 1.29 is 14.7 Å². The van der Waals surface area contributed by atoms with E-state index >= 15 is 0 Å². The van der Waals surface area contributed by atoms with E-state index in [0.29, 0.717) is 0 Å². The molecular formula is C16H16N2O3S. The number of aliphatic hydroxyl groups is 1. The summed E-state index contributed by atoms with van der Waals surface area (Å²) < 4.78 is 1.08. The highest BCUT2D eigenvalue weighted by Gasteiger charge is 2.14. The molecule has 3 N–H and O–H groups in total. The highest BCUT2D eigenvalue weighted by molar-refractivity contribution is 7.19. The number of terminal acetylenes is 1. The molecule has 1 heterocycles. The maximum absolute atomic E-state index is 11.6. The second-order valence-electron chi connectivity index (χ2n) is 4.66. The minimum atomic E-state index is -0.796. The Labute approximate surface area is 132 Å². The number of amides is 2. The van der Waals surface area contributed by atoms with E-state index in [2.05, 4.69) is 16.6 Å². The Hall–Kier alpha value is -2.36. The zero-order chi connectivity index (χ0) is 15.9. The molecule has 1 aromatic carbocycles. The highest BCUT2D eigenvalue weighted by atomic mass is 32.1. The van der Waals surface area contributed by atoms with Crippen molar-refractivity contribution in [2.45, 2.75) is 12.5 Å². The van der Waals surface area contributed by atoms with Crippen LogP contribution in [0.1, 0.15) is 17.4 Å². The van der Waals surface area contributed by atoms with Crippen molar-refractivity contribution in [3.05, 3.63) is 35.2 Å². The molecule has 1 aromatic heterocycles. The Kier molecular flexibility index (Phi) is 5.53. The Morgan fingerprint density at radius 3 is 2.73 bits per heavy atom. The van der Waals surface area contributed by atoms with Crippen molar-refractivity contribution in [2.24, 2.45) is 0 Å². The highest BCUT2D eigenvalue weighted by Crippen LogP contribution is 2.29. The number of rotatable bonds is 6. The first-order chi connectivity index (χ1) is 10.6. The summed E-state index contributed by atoms with van der Waals surface area (Å²) in [5, 5.41) is 16.1. The van der Waals surface area contributed by atoms with Crippen LogP contribution in [0.4, 0.5) is 0 Å². The van der Waals surface area contributed by atoms with E-state index in [4.69, 9.17) is 6.42 Å². The van der Waals surface area contributed by atoms with E-state index in [1.807, 2.05) is 30.3 Å². The largest absolute Gasteiger partial charge is 0.386 e. The van der Waals surface area contributed by atoms with E-state index < -0.39 is 17.9 Å². The van der Waals surface area contributed by atoms with Gasteiger partial charge in [0.1, 0.15) is 12.5 Å². The molecular weight excluding hydrogens is 300 g/mol. The fourth-order valence-electron chi connectivity index (χ4n) is 1.90. The van der Waals surface area contributed by atoms with Gasteiger partial charge >= 0.3 is 0 Å². The first-order valence-electron chi connectivity index (χ1n) is 6.73. The molecule has 2 rings (SSSR count). The molecule has 0 aliphatic carbocycles. The van der Waals surface area contributed by atoms with Gasteiger partial charge in [0.25, 0.3) is 0 Å². The number of fused-ring (bicyclic) bond motifs is 1. The summed E-state index contributed by atoms with van der Waals surface area (Å²) in [5.74, 6) is 1.37. The standard InChI is InChI=1S/C16H16N2O3S/c1-2-7-17-15(20)9-16(21)18-10-12(19)14-8-11-5-3-4-6-13(11)22-14/h1,3-6,8,12,19H,7,9-10H2,(H,17,20)(H,18,21). The van der Waals surface area contributed by atoms with Gasteiger partial charge in [0.2, 0.25) is 11.8 Å². The Bertz CT molecular complexity index is 684. The molecule has 0 bridgehead atoms. The quantitative estimate of drug-likeness (QED) is 0.553. The lowest BCUT2D eigenvalue weighted by Gasteiger charge is -2.10. The molecule has 2 amide bonds. The van der Waals surface area contributed by atoms with Gasteiger partial charge in [-0.05, 0) is 17.5 Å². The molecule has 0 saturated heterocycles. The van der Waals surface area contributed by atoms with Gasteiger partial charge in [0.05, 0.1) is 6.54 Å². The summed E-state index contributed by atoms with van der Waals surface area (Å²) in [6.45, 7) is 0.157. The van der Waals surface area contributed by atoms with E-state index in [1.54, 1.807) is 0 Å². The van der Waals surface area contributed by atoms with E-state index in [-0.39, 0.29) is 19.5 Å². The third-order valence-electron chi connectivity index (χ3n) is 2.97. The minimum absolute atomic E-state index is 0.0636. The monoisotopic (exact) mass is 316 g/mol. The van der Waals surface area contributed by atoms with Crippen molar-refractivity contribution in [1.29, 1.82) is 0 Å². The Balaban J connectivity index is 1.84. The lowest BCUT2D eigenvalue weighted by molar-refractivity contribution is -0.129. The Morgan fingerprint density at radius 2 is 2.00 bits per heavy atom. The molecule has 0 spiro atoms. The number of nitrogens with one attached hydrogen (secondary N) is 2. The molecule has 0 radical (unpaired) electrons. The molecule has 22 heavy (non-hydrogen) atoms. The van der Waals surface area contributed by atoms with Gasteiger partial charge < -0.3 is 15.7 Å². The third-order valence-corrected chi connectivity index (χ3v) is 4.19. The lowest BCUT2D eigenvalue weighted by atomic mass is 10.2. The van der Waals surface area contributed by atoms with Crippen molar-refractivity contribution in [3.8, 4) is 12.3 Å². The number of carbonyl (C=O) groups is 2. The van der Waals surface area contributed by atoms with E-state index in [0.717, 1.165) is 15.0 Å². The predicted octanol–water partition coefficient (Wildman–Crippen LogP) is 1.19.